The molecule has 112 valence electrons. The summed E-state index contributed by atoms with van der Waals surface area (Å²) >= 11 is 5.97. The number of primary amides is 1. The standard InChI is InChI=1S/C15H18ClN3O2/c1-9(14(17)20)19-6-4-10(5-7-19)15-18-12-8-11(16)2-3-13(12)21-15/h2-3,8-10H,4-7H2,1H3,(H2,17,20)/t9-/m0/s1. The third-order valence-electron chi connectivity index (χ3n) is 4.20. The first kappa shape index (κ1) is 14.4. The molecule has 0 spiro atoms. The van der Waals surface area contributed by atoms with E-state index in [4.69, 9.17) is 21.8 Å². The second-order valence-corrected chi connectivity index (χ2v) is 5.99. The van der Waals surface area contributed by atoms with E-state index < -0.39 is 0 Å². The van der Waals surface area contributed by atoms with Crippen LogP contribution in [0.3, 0.4) is 0 Å². The van der Waals surface area contributed by atoms with Crippen molar-refractivity contribution in [3.8, 4) is 0 Å². The van der Waals surface area contributed by atoms with Crippen molar-refractivity contribution in [3.05, 3.63) is 29.1 Å². The number of piperidine rings is 1. The number of nitrogens with zero attached hydrogens (tertiary/aromatic N) is 2. The number of oxazole rings is 1. The number of amides is 1. The van der Waals surface area contributed by atoms with Crippen LogP contribution in [0.25, 0.3) is 11.1 Å². The van der Waals surface area contributed by atoms with E-state index in [0.717, 1.165) is 42.9 Å². The van der Waals surface area contributed by atoms with Crippen LogP contribution in [0.4, 0.5) is 0 Å². The Bertz CT molecular complexity index is 662. The molecule has 2 heterocycles. The molecule has 1 fully saturated rings. The summed E-state index contributed by atoms with van der Waals surface area (Å²) in [4.78, 5) is 17.9. The number of fused-ring (bicyclic) bond motifs is 1. The van der Waals surface area contributed by atoms with Crippen LogP contribution in [0.1, 0.15) is 31.6 Å². The third-order valence-corrected chi connectivity index (χ3v) is 4.44. The maximum atomic E-state index is 11.2. The Hall–Kier alpha value is -1.59. The predicted octanol–water partition coefficient (Wildman–Crippen LogP) is 2.53. The first-order valence-corrected chi connectivity index (χ1v) is 7.52. The average Bonchev–Trinajstić information content (AvgIpc) is 2.89. The van der Waals surface area contributed by atoms with Gasteiger partial charge in [-0.3, -0.25) is 9.69 Å². The van der Waals surface area contributed by atoms with Crippen LogP contribution < -0.4 is 5.73 Å². The molecule has 0 bridgehead atoms. The van der Waals surface area contributed by atoms with Crippen LogP contribution >= 0.6 is 11.6 Å². The SMILES string of the molecule is C[C@@H](C(N)=O)N1CCC(c2nc3cc(Cl)ccc3o2)CC1. The number of halogens is 1. The summed E-state index contributed by atoms with van der Waals surface area (Å²) in [6, 6.07) is 5.25. The second kappa shape index (κ2) is 5.66. The molecule has 0 aliphatic carbocycles. The molecule has 0 saturated carbocycles. The van der Waals surface area contributed by atoms with Crippen LogP contribution in [0.2, 0.25) is 5.02 Å². The maximum Gasteiger partial charge on any atom is 0.234 e. The van der Waals surface area contributed by atoms with E-state index in [9.17, 15) is 4.79 Å². The minimum atomic E-state index is -0.273. The molecule has 3 rings (SSSR count). The molecule has 1 aliphatic rings. The van der Waals surface area contributed by atoms with Gasteiger partial charge in [-0.2, -0.15) is 0 Å². The summed E-state index contributed by atoms with van der Waals surface area (Å²) in [6.07, 6.45) is 1.83. The number of hydrogen-bond donors (Lipinski definition) is 1. The number of benzene rings is 1. The molecule has 6 heteroatoms. The van der Waals surface area contributed by atoms with Gasteiger partial charge in [0.2, 0.25) is 5.91 Å². The van der Waals surface area contributed by atoms with Crippen molar-refractivity contribution < 1.29 is 9.21 Å². The predicted molar refractivity (Wildman–Crippen MR) is 81.2 cm³/mol. The average molecular weight is 308 g/mol. The Morgan fingerprint density at radius 3 is 2.86 bits per heavy atom. The fraction of sp³-hybridized carbons (Fsp3) is 0.467. The Morgan fingerprint density at radius 1 is 1.48 bits per heavy atom. The van der Waals surface area contributed by atoms with Crippen LogP contribution in [-0.4, -0.2) is 34.9 Å². The highest BCUT2D eigenvalue weighted by molar-refractivity contribution is 6.31. The Balaban J connectivity index is 1.72. The van der Waals surface area contributed by atoms with E-state index in [0.29, 0.717) is 5.02 Å². The molecule has 1 aliphatic heterocycles. The minimum Gasteiger partial charge on any atom is -0.440 e. The fourth-order valence-corrected chi connectivity index (χ4v) is 2.97. The number of nitrogens with two attached hydrogens (primary N) is 1. The van der Waals surface area contributed by atoms with Gasteiger partial charge in [0.25, 0.3) is 0 Å². The van der Waals surface area contributed by atoms with Gasteiger partial charge in [0, 0.05) is 10.9 Å². The Kier molecular flexibility index (Phi) is 3.87. The van der Waals surface area contributed by atoms with Crippen molar-refractivity contribution in [3.63, 3.8) is 0 Å². The summed E-state index contributed by atoms with van der Waals surface area (Å²) in [5.74, 6) is 0.774. The van der Waals surface area contributed by atoms with Crippen molar-refractivity contribution in [2.75, 3.05) is 13.1 Å². The van der Waals surface area contributed by atoms with Gasteiger partial charge in [-0.1, -0.05) is 11.6 Å². The number of carbonyl (C=O) groups is 1. The van der Waals surface area contributed by atoms with Crippen LogP contribution in [0.15, 0.2) is 22.6 Å². The van der Waals surface area contributed by atoms with Crippen LogP contribution in [0.5, 0.6) is 0 Å². The van der Waals surface area contributed by atoms with Gasteiger partial charge in [0.05, 0.1) is 6.04 Å². The van der Waals surface area contributed by atoms with Gasteiger partial charge in [0.1, 0.15) is 5.52 Å². The van der Waals surface area contributed by atoms with E-state index in [1.54, 1.807) is 6.07 Å². The monoisotopic (exact) mass is 307 g/mol. The lowest BCUT2D eigenvalue weighted by atomic mass is 9.96. The van der Waals surface area contributed by atoms with E-state index in [2.05, 4.69) is 9.88 Å². The number of likely N-dealkylation sites (tertiary alicyclic amines) is 1. The first-order chi connectivity index (χ1) is 10.0. The molecule has 1 atom stereocenters. The molecule has 5 nitrogen and oxygen atoms in total. The lowest BCUT2D eigenvalue weighted by Crippen LogP contribution is -2.46. The number of rotatable bonds is 3. The van der Waals surface area contributed by atoms with Gasteiger partial charge in [-0.05, 0) is 51.1 Å². The van der Waals surface area contributed by atoms with Gasteiger partial charge in [-0.15, -0.1) is 0 Å². The summed E-state index contributed by atoms with van der Waals surface area (Å²) in [6.45, 7) is 3.51. The Labute approximate surface area is 128 Å². The van der Waals surface area contributed by atoms with Crippen molar-refractivity contribution >= 4 is 28.6 Å². The molecule has 1 saturated heterocycles. The van der Waals surface area contributed by atoms with Gasteiger partial charge < -0.3 is 10.2 Å². The summed E-state index contributed by atoms with van der Waals surface area (Å²) in [7, 11) is 0. The zero-order valence-electron chi connectivity index (χ0n) is 11.9. The number of aromatic nitrogens is 1. The van der Waals surface area contributed by atoms with Crippen molar-refractivity contribution in [1.29, 1.82) is 0 Å². The highest BCUT2D eigenvalue weighted by atomic mass is 35.5. The van der Waals surface area contributed by atoms with Crippen molar-refractivity contribution in [2.24, 2.45) is 5.73 Å². The van der Waals surface area contributed by atoms with E-state index in [1.165, 1.54) is 0 Å². The van der Waals surface area contributed by atoms with E-state index in [-0.39, 0.29) is 17.9 Å². The van der Waals surface area contributed by atoms with Crippen molar-refractivity contribution in [1.82, 2.24) is 9.88 Å². The zero-order chi connectivity index (χ0) is 15.0. The van der Waals surface area contributed by atoms with Gasteiger partial charge in [0.15, 0.2) is 11.5 Å². The molecular formula is C15H18ClN3O2. The second-order valence-electron chi connectivity index (χ2n) is 5.55. The molecule has 2 aromatic rings. The van der Waals surface area contributed by atoms with Gasteiger partial charge in [-0.25, -0.2) is 4.98 Å². The largest absolute Gasteiger partial charge is 0.440 e. The lowest BCUT2D eigenvalue weighted by molar-refractivity contribution is -0.123. The van der Waals surface area contributed by atoms with Crippen LogP contribution in [0, 0.1) is 0 Å². The van der Waals surface area contributed by atoms with Gasteiger partial charge >= 0.3 is 0 Å². The smallest absolute Gasteiger partial charge is 0.234 e. The number of carbonyl (C=O) groups excluding carboxylic acids is 1. The third kappa shape index (κ3) is 2.89. The minimum absolute atomic E-state index is 0.214. The molecule has 0 unspecified atom stereocenters. The zero-order valence-corrected chi connectivity index (χ0v) is 12.6. The molecule has 0 radical (unpaired) electrons. The van der Waals surface area contributed by atoms with E-state index >= 15 is 0 Å². The topological polar surface area (TPSA) is 72.4 Å². The van der Waals surface area contributed by atoms with Crippen molar-refractivity contribution in [2.45, 2.75) is 31.7 Å². The maximum absolute atomic E-state index is 11.2. The highest BCUT2D eigenvalue weighted by Crippen LogP contribution is 2.31. The molecule has 21 heavy (non-hydrogen) atoms. The lowest BCUT2D eigenvalue weighted by Gasteiger charge is -2.33. The summed E-state index contributed by atoms with van der Waals surface area (Å²) < 4.78 is 5.83. The molecule has 1 amide bonds. The van der Waals surface area contributed by atoms with Crippen LogP contribution in [-0.2, 0) is 4.79 Å². The highest BCUT2D eigenvalue weighted by Gasteiger charge is 2.28. The molecule has 1 aromatic heterocycles. The number of hydrogen-bond acceptors (Lipinski definition) is 4. The molecule has 2 N–H and O–H groups in total. The molecule has 1 aromatic carbocycles. The Morgan fingerprint density at radius 2 is 2.19 bits per heavy atom. The van der Waals surface area contributed by atoms with E-state index in [1.807, 2.05) is 19.1 Å². The fourth-order valence-electron chi connectivity index (χ4n) is 2.81. The summed E-state index contributed by atoms with van der Waals surface area (Å²) in [5, 5.41) is 0.660. The summed E-state index contributed by atoms with van der Waals surface area (Å²) in [5.41, 5.74) is 6.92. The first-order valence-electron chi connectivity index (χ1n) is 7.14. The quantitative estimate of drug-likeness (QED) is 0.945. The normalized spacial score (nSPS) is 19.0. The molecular weight excluding hydrogens is 290 g/mol.